The Morgan fingerprint density at radius 1 is 1.40 bits per heavy atom. The largest absolute Gasteiger partial charge is 0.207 e. The van der Waals surface area contributed by atoms with E-state index in [0.717, 1.165) is 16.0 Å². The van der Waals surface area contributed by atoms with Crippen LogP contribution >= 0.6 is 27.7 Å². The number of rotatable bonds is 5. The maximum absolute atomic E-state index is 12.9. The van der Waals surface area contributed by atoms with Crippen LogP contribution in [-0.2, 0) is 0 Å². The zero-order chi connectivity index (χ0) is 11.3. The first-order valence-electron chi connectivity index (χ1n) is 5.07. The van der Waals surface area contributed by atoms with E-state index in [1.807, 2.05) is 6.07 Å². The Morgan fingerprint density at radius 3 is 2.67 bits per heavy atom. The molecule has 0 heterocycles. The molecular formula is C12H16BrFS. The van der Waals surface area contributed by atoms with Crippen LogP contribution in [0.15, 0.2) is 29.2 Å². The van der Waals surface area contributed by atoms with Gasteiger partial charge in [0.1, 0.15) is 5.82 Å². The third-order valence-electron chi connectivity index (χ3n) is 2.40. The van der Waals surface area contributed by atoms with E-state index < -0.39 is 0 Å². The van der Waals surface area contributed by atoms with E-state index in [0.29, 0.717) is 11.8 Å². The van der Waals surface area contributed by atoms with E-state index in [1.165, 1.54) is 6.07 Å². The summed E-state index contributed by atoms with van der Waals surface area (Å²) in [6.07, 6.45) is 0. The molecule has 0 radical (unpaired) electrons. The highest BCUT2D eigenvalue weighted by atomic mass is 79.9. The quantitative estimate of drug-likeness (QED) is 0.565. The van der Waals surface area contributed by atoms with Gasteiger partial charge in [-0.3, -0.25) is 0 Å². The van der Waals surface area contributed by atoms with Crippen molar-refractivity contribution in [2.24, 2.45) is 11.8 Å². The maximum Gasteiger partial charge on any atom is 0.124 e. The lowest BCUT2D eigenvalue weighted by molar-refractivity contribution is 0.474. The fourth-order valence-corrected chi connectivity index (χ4v) is 3.73. The van der Waals surface area contributed by atoms with Crippen LogP contribution in [0.25, 0.3) is 0 Å². The predicted molar refractivity (Wildman–Crippen MR) is 69.2 cm³/mol. The molecule has 1 unspecified atom stereocenters. The highest BCUT2D eigenvalue weighted by molar-refractivity contribution is 9.09. The maximum atomic E-state index is 12.9. The molecule has 0 fully saturated rings. The van der Waals surface area contributed by atoms with Crippen LogP contribution in [0, 0.1) is 17.7 Å². The Morgan fingerprint density at radius 2 is 2.13 bits per heavy atom. The summed E-state index contributed by atoms with van der Waals surface area (Å²) in [4.78, 5) is 1.02. The molecule has 0 aliphatic carbocycles. The van der Waals surface area contributed by atoms with Gasteiger partial charge in [-0.2, -0.15) is 0 Å². The predicted octanol–water partition coefficient (Wildman–Crippen LogP) is 4.58. The molecule has 3 heteroatoms. The van der Waals surface area contributed by atoms with E-state index in [-0.39, 0.29) is 5.82 Å². The molecule has 0 amide bonds. The zero-order valence-corrected chi connectivity index (χ0v) is 11.4. The summed E-state index contributed by atoms with van der Waals surface area (Å²) in [7, 11) is 0. The van der Waals surface area contributed by atoms with Crippen LogP contribution in [0.4, 0.5) is 4.39 Å². The van der Waals surface area contributed by atoms with Crippen molar-refractivity contribution in [3.05, 3.63) is 30.1 Å². The third kappa shape index (κ3) is 4.56. The molecule has 0 N–H and O–H groups in total. The first kappa shape index (κ1) is 13.0. The Bertz CT molecular complexity index is 301. The molecule has 0 spiro atoms. The number of halogens is 2. The van der Waals surface area contributed by atoms with Crippen molar-refractivity contribution in [1.82, 2.24) is 0 Å². The van der Waals surface area contributed by atoms with Crippen LogP contribution in [0.3, 0.4) is 0 Å². The minimum Gasteiger partial charge on any atom is -0.207 e. The summed E-state index contributed by atoms with van der Waals surface area (Å²) in [5, 5.41) is 1.01. The van der Waals surface area contributed by atoms with Gasteiger partial charge in [0.25, 0.3) is 0 Å². The van der Waals surface area contributed by atoms with Crippen molar-refractivity contribution in [1.29, 1.82) is 0 Å². The number of thioether (sulfide) groups is 1. The molecule has 0 bridgehead atoms. The number of hydrogen-bond donors (Lipinski definition) is 0. The Hall–Kier alpha value is -0.0200. The molecule has 15 heavy (non-hydrogen) atoms. The van der Waals surface area contributed by atoms with Crippen LogP contribution in [0.5, 0.6) is 0 Å². The van der Waals surface area contributed by atoms with Gasteiger partial charge in [-0.15, -0.1) is 11.8 Å². The second kappa shape index (κ2) is 6.54. The molecule has 84 valence electrons. The van der Waals surface area contributed by atoms with Gasteiger partial charge >= 0.3 is 0 Å². The average molecular weight is 291 g/mol. The molecule has 1 aromatic rings. The molecule has 1 rings (SSSR count). The second-order valence-electron chi connectivity index (χ2n) is 3.93. The molecule has 1 atom stereocenters. The molecule has 1 aromatic carbocycles. The minimum absolute atomic E-state index is 0.153. The topological polar surface area (TPSA) is 0 Å². The standard InChI is InChI=1S/C12H16BrFS/c1-9(2)10(7-13)8-15-12-5-3-4-11(14)6-12/h3-6,9-10H,7-8H2,1-2H3. The van der Waals surface area contributed by atoms with Crippen molar-refractivity contribution >= 4 is 27.7 Å². The van der Waals surface area contributed by atoms with Gasteiger partial charge in [-0.05, 0) is 30.0 Å². The SMILES string of the molecule is CC(C)C(CBr)CSc1cccc(F)c1. The van der Waals surface area contributed by atoms with Gasteiger partial charge in [-0.1, -0.05) is 35.8 Å². The van der Waals surface area contributed by atoms with Crippen LogP contribution in [0.1, 0.15) is 13.8 Å². The van der Waals surface area contributed by atoms with E-state index in [9.17, 15) is 4.39 Å². The van der Waals surface area contributed by atoms with Gasteiger partial charge in [0.15, 0.2) is 0 Å². The van der Waals surface area contributed by atoms with Crippen molar-refractivity contribution in [2.75, 3.05) is 11.1 Å². The monoisotopic (exact) mass is 290 g/mol. The summed E-state index contributed by atoms with van der Waals surface area (Å²) in [5.74, 6) is 2.18. The molecule has 0 aromatic heterocycles. The number of hydrogen-bond acceptors (Lipinski definition) is 1. The zero-order valence-electron chi connectivity index (χ0n) is 9.04. The van der Waals surface area contributed by atoms with Crippen LogP contribution in [-0.4, -0.2) is 11.1 Å². The molecular weight excluding hydrogens is 275 g/mol. The van der Waals surface area contributed by atoms with Crippen molar-refractivity contribution in [2.45, 2.75) is 18.7 Å². The molecule has 0 aliphatic rings. The van der Waals surface area contributed by atoms with E-state index >= 15 is 0 Å². The summed E-state index contributed by atoms with van der Waals surface area (Å²) >= 11 is 5.24. The summed E-state index contributed by atoms with van der Waals surface area (Å²) < 4.78 is 12.9. The molecule has 0 aliphatic heterocycles. The number of benzene rings is 1. The van der Waals surface area contributed by atoms with Crippen molar-refractivity contribution < 1.29 is 4.39 Å². The Kier molecular flexibility index (Phi) is 5.69. The second-order valence-corrected chi connectivity index (χ2v) is 5.67. The van der Waals surface area contributed by atoms with Gasteiger partial charge in [0.2, 0.25) is 0 Å². The molecule has 0 saturated heterocycles. The first-order valence-corrected chi connectivity index (χ1v) is 7.18. The Balaban J connectivity index is 2.49. The minimum atomic E-state index is -0.153. The van der Waals surface area contributed by atoms with E-state index in [1.54, 1.807) is 23.9 Å². The fourth-order valence-electron chi connectivity index (χ4n) is 1.18. The summed E-state index contributed by atoms with van der Waals surface area (Å²) in [5.41, 5.74) is 0. The van der Waals surface area contributed by atoms with E-state index in [4.69, 9.17) is 0 Å². The van der Waals surface area contributed by atoms with Gasteiger partial charge in [0, 0.05) is 16.0 Å². The molecule has 0 saturated carbocycles. The van der Waals surface area contributed by atoms with Crippen molar-refractivity contribution in [3.63, 3.8) is 0 Å². The third-order valence-corrected chi connectivity index (χ3v) is 4.41. The van der Waals surface area contributed by atoms with E-state index in [2.05, 4.69) is 29.8 Å². The average Bonchev–Trinajstić information content (AvgIpc) is 2.18. The molecule has 0 nitrogen and oxygen atoms in total. The van der Waals surface area contributed by atoms with Crippen molar-refractivity contribution in [3.8, 4) is 0 Å². The smallest absolute Gasteiger partial charge is 0.124 e. The Labute approximate surface area is 104 Å². The number of alkyl halides is 1. The summed E-state index contributed by atoms with van der Waals surface area (Å²) in [6.45, 7) is 4.44. The first-order chi connectivity index (χ1) is 7.13. The fraction of sp³-hybridized carbons (Fsp3) is 0.500. The summed E-state index contributed by atoms with van der Waals surface area (Å²) in [6, 6.07) is 6.79. The van der Waals surface area contributed by atoms with Gasteiger partial charge in [-0.25, -0.2) is 4.39 Å². The normalized spacial score (nSPS) is 13.1. The highest BCUT2D eigenvalue weighted by Crippen LogP contribution is 2.25. The lowest BCUT2D eigenvalue weighted by atomic mass is 10.0. The van der Waals surface area contributed by atoms with Crippen LogP contribution < -0.4 is 0 Å². The highest BCUT2D eigenvalue weighted by Gasteiger charge is 2.12. The van der Waals surface area contributed by atoms with Crippen LogP contribution in [0.2, 0.25) is 0 Å². The van der Waals surface area contributed by atoms with Gasteiger partial charge < -0.3 is 0 Å². The lowest BCUT2D eigenvalue weighted by Gasteiger charge is -2.17. The lowest BCUT2D eigenvalue weighted by Crippen LogP contribution is -2.12. The van der Waals surface area contributed by atoms with Gasteiger partial charge in [0.05, 0.1) is 0 Å².